The van der Waals surface area contributed by atoms with Gasteiger partial charge >= 0.3 is 5.97 Å². The van der Waals surface area contributed by atoms with Gasteiger partial charge in [0.2, 0.25) is 0 Å². The lowest BCUT2D eigenvalue weighted by molar-refractivity contribution is -0.385. The first-order valence-corrected chi connectivity index (χ1v) is 7.96. The molecule has 0 aliphatic heterocycles. The molecule has 0 atom stereocenters. The van der Waals surface area contributed by atoms with Crippen LogP contribution in [0.4, 0.5) is 11.4 Å². The van der Waals surface area contributed by atoms with Crippen molar-refractivity contribution in [1.29, 1.82) is 0 Å². The monoisotopic (exact) mass is 373 g/mol. The van der Waals surface area contributed by atoms with Crippen LogP contribution < -0.4 is 10.6 Å². The van der Waals surface area contributed by atoms with Crippen LogP contribution in [0.3, 0.4) is 0 Å². The van der Waals surface area contributed by atoms with Gasteiger partial charge in [0.25, 0.3) is 11.6 Å². The fourth-order valence-corrected chi connectivity index (χ4v) is 2.27. The van der Waals surface area contributed by atoms with Crippen LogP contribution in [-0.4, -0.2) is 28.5 Å². The molecule has 2 N–H and O–H groups in total. The molecule has 2 aromatic carbocycles. The molecule has 0 bridgehead atoms. The molecular formula is C17H15N3O5S. The van der Waals surface area contributed by atoms with Gasteiger partial charge in [0.1, 0.15) is 5.56 Å². The molecule has 0 spiro atoms. The maximum Gasteiger partial charge on any atom is 0.338 e. The molecular weight excluding hydrogens is 358 g/mol. The van der Waals surface area contributed by atoms with Crippen LogP contribution in [0, 0.1) is 10.1 Å². The number of hydrogen-bond donors (Lipinski definition) is 2. The number of nitrogens with one attached hydrogen (secondary N) is 2. The Morgan fingerprint density at radius 1 is 1.15 bits per heavy atom. The number of hydrogen-bond acceptors (Lipinski definition) is 6. The number of carbonyl (C=O) groups is 2. The first-order chi connectivity index (χ1) is 12.4. The van der Waals surface area contributed by atoms with Crippen LogP contribution in [0.25, 0.3) is 0 Å². The summed E-state index contributed by atoms with van der Waals surface area (Å²) < 4.78 is 4.88. The molecule has 0 heterocycles. The molecule has 0 saturated heterocycles. The summed E-state index contributed by atoms with van der Waals surface area (Å²) in [7, 11) is 0. The van der Waals surface area contributed by atoms with E-state index in [4.69, 9.17) is 17.0 Å². The number of thiocarbonyl (C=S) groups is 1. The van der Waals surface area contributed by atoms with E-state index in [2.05, 4.69) is 10.6 Å². The Bertz CT molecular complexity index is 852. The lowest BCUT2D eigenvalue weighted by Crippen LogP contribution is -2.34. The van der Waals surface area contributed by atoms with E-state index in [0.717, 1.165) is 0 Å². The van der Waals surface area contributed by atoms with Crippen LogP contribution in [0.1, 0.15) is 27.6 Å². The van der Waals surface area contributed by atoms with Gasteiger partial charge in [-0.25, -0.2) is 4.79 Å². The summed E-state index contributed by atoms with van der Waals surface area (Å²) >= 11 is 5.04. The van der Waals surface area contributed by atoms with Gasteiger partial charge in [-0.05, 0) is 49.5 Å². The van der Waals surface area contributed by atoms with Crippen molar-refractivity contribution in [3.8, 4) is 0 Å². The molecule has 2 aromatic rings. The summed E-state index contributed by atoms with van der Waals surface area (Å²) in [6.45, 7) is 1.99. The number of nitro benzene ring substituents is 1. The Morgan fingerprint density at radius 2 is 1.81 bits per heavy atom. The molecule has 0 radical (unpaired) electrons. The summed E-state index contributed by atoms with van der Waals surface area (Å²) in [5, 5.41) is 16.1. The second-order valence-electron chi connectivity index (χ2n) is 4.98. The van der Waals surface area contributed by atoms with Gasteiger partial charge in [-0.1, -0.05) is 12.1 Å². The van der Waals surface area contributed by atoms with Gasteiger partial charge in [-0.15, -0.1) is 0 Å². The standard InChI is InChI=1S/C17H15N3O5S/c1-2-25-16(22)11-7-9-12(10-8-11)18-17(26)19-15(21)13-5-3-4-6-14(13)20(23)24/h3-10H,2H2,1H3,(H2,18,19,21,26). The van der Waals surface area contributed by atoms with Gasteiger partial charge < -0.3 is 10.1 Å². The predicted octanol–water partition coefficient (Wildman–Crippen LogP) is 2.90. The van der Waals surface area contributed by atoms with Gasteiger partial charge in [-0.2, -0.15) is 0 Å². The minimum absolute atomic E-state index is 0.0305. The Balaban J connectivity index is 2.02. The van der Waals surface area contributed by atoms with Crippen LogP contribution in [0.15, 0.2) is 48.5 Å². The maximum absolute atomic E-state index is 12.2. The van der Waals surface area contributed by atoms with Crippen molar-refractivity contribution in [2.24, 2.45) is 0 Å². The number of ether oxygens (including phenoxy) is 1. The van der Waals surface area contributed by atoms with Crippen molar-refractivity contribution in [2.75, 3.05) is 11.9 Å². The number of nitro groups is 1. The lowest BCUT2D eigenvalue weighted by atomic mass is 10.1. The van der Waals surface area contributed by atoms with E-state index in [9.17, 15) is 19.7 Å². The quantitative estimate of drug-likeness (QED) is 0.359. The molecule has 0 fully saturated rings. The summed E-state index contributed by atoms with van der Waals surface area (Å²) in [6.07, 6.45) is 0. The van der Waals surface area contributed by atoms with Crippen molar-refractivity contribution in [3.63, 3.8) is 0 Å². The molecule has 26 heavy (non-hydrogen) atoms. The number of nitrogens with zero attached hydrogens (tertiary/aromatic N) is 1. The normalized spacial score (nSPS) is 9.88. The molecule has 0 aromatic heterocycles. The average Bonchev–Trinajstić information content (AvgIpc) is 2.62. The Labute approximate surface area is 154 Å². The van der Waals surface area contributed by atoms with E-state index in [-0.39, 0.29) is 23.0 Å². The van der Waals surface area contributed by atoms with Crippen LogP contribution in [0.2, 0.25) is 0 Å². The highest BCUT2D eigenvalue weighted by Crippen LogP contribution is 2.17. The Morgan fingerprint density at radius 3 is 2.42 bits per heavy atom. The topological polar surface area (TPSA) is 111 Å². The minimum Gasteiger partial charge on any atom is -0.462 e. The van der Waals surface area contributed by atoms with Crippen LogP contribution in [-0.2, 0) is 4.74 Å². The Hall–Kier alpha value is -3.33. The first-order valence-electron chi connectivity index (χ1n) is 7.55. The zero-order chi connectivity index (χ0) is 19.1. The number of rotatable bonds is 5. The summed E-state index contributed by atoms with van der Waals surface area (Å²) in [4.78, 5) is 34.1. The molecule has 1 amide bonds. The highest BCUT2D eigenvalue weighted by molar-refractivity contribution is 7.80. The van der Waals surface area contributed by atoms with Crippen LogP contribution in [0.5, 0.6) is 0 Å². The second-order valence-corrected chi connectivity index (χ2v) is 5.39. The van der Waals surface area contributed by atoms with E-state index in [1.807, 2.05) is 0 Å². The highest BCUT2D eigenvalue weighted by atomic mass is 32.1. The largest absolute Gasteiger partial charge is 0.462 e. The molecule has 9 heteroatoms. The maximum atomic E-state index is 12.2. The van der Waals surface area contributed by atoms with Crippen molar-refractivity contribution in [1.82, 2.24) is 5.32 Å². The molecule has 0 aliphatic carbocycles. The molecule has 0 aliphatic rings. The third-order valence-electron chi connectivity index (χ3n) is 3.23. The number of amides is 1. The zero-order valence-corrected chi connectivity index (χ0v) is 14.5. The number of para-hydroxylation sites is 1. The minimum atomic E-state index is -0.696. The second kappa shape index (κ2) is 8.67. The van der Waals surface area contributed by atoms with Crippen molar-refractivity contribution in [2.45, 2.75) is 6.92 Å². The number of esters is 1. The third-order valence-corrected chi connectivity index (χ3v) is 3.43. The van der Waals surface area contributed by atoms with Crippen molar-refractivity contribution in [3.05, 3.63) is 69.8 Å². The smallest absolute Gasteiger partial charge is 0.338 e. The zero-order valence-electron chi connectivity index (χ0n) is 13.7. The van der Waals surface area contributed by atoms with E-state index >= 15 is 0 Å². The van der Waals surface area contributed by atoms with E-state index in [0.29, 0.717) is 11.3 Å². The average molecular weight is 373 g/mol. The predicted molar refractivity (Wildman–Crippen MR) is 99.2 cm³/mol. The first kappa shape index (κ1) is 19.0. The van der Waals surface area contributed by atoms with E-state index < -0.39 is 16.8 Å². The van der Waals surface area contributed by atoms with Crippen molar-refractivity contribution < 1.29 is 19.2 Å². The molecule has 8 nitrogen and oxygen atoms in total. The van der Waals surface area contributed by atoms with Gasteiger partial charge in [0.15, 0.2) is 5.11 Å². The number of carbonyl (C=O) groups excluding carboxylic acids is 2. The summed E-state index contributed by atoms with van der Waals surface area (Å²) in [6, 6.07) is 11.8. The van der Waals surface area contributed by atoms with Gasteiger partial charge in [-0.3, -0.25) is 20.2 Å². The SMILES string of the molecule is CCOC(=O)c1ccc(NC(=S)NC(=O)c2ccccc2[N+](=O)[O-])cc1. The fourth-order valence-electron chi connectivity index (χ4n) is 2.06. The Kier molecular flexibility index (Phi) is 6.34. The third kappa shape index (κ3) is 4.84. The van der Waals surface area contributed by atoms with E-state index in [1.54, 1.807) is 31.2 Å². The number of anilines is 1. The lowest BCUT2D eigenvalue weighted by Gasteiger charge is -2.10. The van der Waals surface area contributed by atoms with Gasteiger partial charge in [0, 0.05) is 11.8 Å². The summed E-state index contributed by atoms with van der Waals surface area (Å²) in [5.41, 5.74) is 0.504. The number of benzene rings is 2. The molecule has 134 valence electrons. The fraction of sp³-hybridized carbons (Fsp3) is 0.118. The van der Waals surface area contributed by atoms with E-state index in [1.165, 1.54) is 24.3 Å². The van der Waals surface area contributed by atoms with Gasteiger partial charge in [0.05, 0.1) is 17.1 Å². The summed E-state index contributed by atoms with van der Waals surface area (Å²) in [5.74, 6) is -1.13. The highest BCUT2D eigenvalue weighted by Gasteiger charge is 2.19. The van der Waals surface area contributed by atoms with Crippen LogP contribution >= 0.6 is 12.2 Å². The molecule has 0 saturated carbocycles. The molecule has 0 unspecified atom stereocenters. The van der Waals surface area contributed by atoms with Crippen molar-refractivity contribution >= 4 is 40.6 Å². The molecule has 2 rings (SSSR count).